The lowest BCUT2D eigenvalue weighted by Gasteiger charge is -2.10. The molecule has 0 amide bonds. The van der Waals surface area contributed by atoms with Crippen LogP contribution in [0.4, 0.5) is 0 Å². The number of fused-ring (bicyclic) bond motifs is 7. The molecule has 0 saturated heterocycles. The summed E-state index contributed by atoms with van der Waals surface area (Å²) in [6, 6.07) is 58.1. The first kappa shape index (κ1) is 27.8. The van der Waals surface area contributed by atoms with Crippen molar-refractivity contribution in [3.8, 4) is 45.3 Å². The van der Waals surface area contributed by atoms with Crippen molar-refractivity contribution >= 4 is 63.8 Å². The van der Waals surface area contributed by atoms with Gasteiger partial charge in [-0.15, -0.1) is 11.3 Å². The van der Waals surface area contributed by atoms with Crippen LogP contribution in [0.3, 0.4) is 0 Å². The Morgan fingerprint density at radius 2 is 0.959 bits per heavy atom. The summed E-state index contributed by atoms with van der Waals surface area (Å²) < 4.78 is 2.47. The zero-order valence-corrected chi connectivity index (χ0v) is 27.2. The van der Waals surface area contributed by atoms with Gasteiger partial charge in [0.25, 0.3) is 0 Å². The molecule has 0 fully saturated rings. The normalized spacial score (nSPS) is 11.7. The molecule has 0 aliphatic rings. The molecular weight excluding hydrogens is 615 g/mol. The second kappa shape index (κ2) is 11.2. The summed E-state index contributed by atoms with van der Waals surface area (Å²) in [6.07, 6.45) is 0. The first-order valence-electron chi connectivity index (χ1n) is 16.4. The van der Waals surface area contributed by atoms with E-state index in [1.807, 2.05) is 29.5 Å². The van der Waals surface area contributed by atoms with E-state index in [0.29, 0.717) is 17.5 Å². The maximum Gasteiger partial charge on any atom is 0.164 e. The van der Waals surface area contributed by atoms with Crippen LogP contribution in [0.15, 0.2) is 164 Å². The minimum absolute atomic E-state index is 0.655. The lowest BCUT2D eigenvalue weighted by molar-refractivity contribution is 1.08. The molecule has 49 heavy (non-hydrogen) atoms. The first-order valence-corrected chi connectivity index (χ1v) is 17.3. The van der Waals surface area contributed by atoms with Crippen molar-refractivity contribution in [3.63, 3.8) is 0 Å². The van der Waals surface area contributed by atoms with Crippen LogP contribution in [0.5, 0.6) is 0 Å². The van der Waals surface area contributed by atoms with Crippen molar-refractivity contribution < 1.29 is 0 Å². The smallest absolute Gasteiger partial charge is 0.164 e. The minimum Gasteiger partial charge on any atom is -0.208 e. The number of hydrogen-bond donors (Lipinski definition) is 0. The largest absolute Gasteiger partial charge is 0.208 e. The van der Waals surface area contributed by atoms with Gasteiger partial charge in [-0.25, -0.2) is 15.0 Å². The fourth-order valence-electron chi connectivity index (χ4n) is 7.03. The highest BCUT2D eigenvalue weighted by Crippen LogP contribution is 2.42. The standard InChI is InChI=1S/C45H27N3S/c1-2-11-31(12-3-1)43-46-44(32-21-17-29(18-22-32)34-23-19-28-9-4-5-13-33(28)25-34)48-45(47-43)37-15-8-16-40-42(37)39-27-38-35(26-41(39)49-40)24-20-30-10-6-7-14-36(30)38/h1-27H. The highest BCUT2D eigenvalue weighted by Gasteiger charge is 2.18. The summed E-state index contributed by atoms with van der Waals surface area (Å²) in [5.74, 6) is 1.99. The second-order valence-corrected chi connectivity index (χ2v) is 13.5. The fraction of sp³-hybridized carbons (Fsp3) is 0. The van der Waals surface area contributed by atoms with Gasteiger partial charge in [-0.1, -0.05) is 140 Å². The zero-order chi connectivity index (χ0) is 32.3. The van der Waals surface area contributed by atoms with Gasteiger partial charge >= 0.3 is 0 Å². The molecule has 0 radical (unpaired) electrons. The van der Waals surface area contributed by atoms with Crippen molar-refractivity contribution in [3.05, 3.63) is 164 Å². The molecule has 2 aromatic heterocycles. The second-order valence-electron chi connectivity index (χ2n) is 12.4. The van der Waals surface area contributed by atoms with E-state index in [2.05, 4.69) is 146 Å². The van der Waals surface area contributed by atoms with Gasteiger partial charge in [0, 0.05) is 36.9 Å². The number of benzene rings is 8. The number of thiophene rings is 1. The molecule has 0 spiro atoms. The van der Waals surface area contributed by atoms with Gasteiger partial charge in [-0.3, -0.25) is 0 Å². The van der Waals surface area contributed by atoms with E-state index in [9.17, 15) is 0 Å². The van der Waals surface area contributed by atoms with Crippen molar-refractivity contribution in [2.75, 3.05) is 0 Å². The molecule has 0 aliphatic heterocycles. The first-order chi connectivity index (χ1) is 24.2. The Labute approximate surface area is 286 Å². The van der Waals surface area contributed by atoms with Gasteiger partial charge in [0.15, 0.2) is 17.5 Å². The lowest BCUT2D eigenvalue weighted by Crippen LogP contribution is -2.00. The Kier molecular flexibility index (Phi) is 6.36. The molecule has 2 heterocycles. The highest BCUT2D eigenvalue weighted by molar-refractivity contribution is 7.26. The molecule has 0 N–H and O–H groups in total. The van der Waals surface area contributed by atoms with Crippen LogP contribution in [0.1, 0.15) is 0 Å². The Bertz CT molecular complexity index is 2870. The molecule has 10 rings (SSSR count). The van der Waals surface area contributed by atoms with E-state index in [4.69, 9.17) is 15.0 Å². The molecular formula is C45H27N3S. The van der Waals surface area contributed by atoms with Crippen molar-refractivity contribution in [2.24, 2.45) is 0 Å². The Morgan fingerprint density at radius 1 is 0.327 bits per heavy atom. The number of hydrogen-bond acceptors (Lipinski definition) is 4. The average Bonchev–Trinajstić information content (AvgIpc) is 3.55. The maximum absolute atomic E-state index is 5.17. The SMILES string of the molecule is c1ccc(-c2nc(-c3ccc(-c4ccc5ccccc5c4)cc3)nc(-c3cccc4sc5cc6ccc7ccccc7c6cc5c34)n2)cc1. The summed E-state index contributed by atoms with van der Waals surface area (Å²) in [6.45, 7) is 0. The molecule has 0 unspecified atom stereocenters. The minimum atomic E-state index is 0.655. The van der Waals surface area contributed by atoms with Gasteiger partial charge in [0.05, 0.1) is 0 Å². The van der Waals surface area contributed by atoms with E-state index in [-0.39, 0.29) is 0 Å². The van der Waals surface area contributed by atoms with Crippen LogP contribution >= 0.6 is 11.3 Å². The third kappa shape index (κ3) is 4.76. The summed E-state index contributed by atoms with van der Waals surface area (Å²) in [4.78, 5) is 15.3. The van der Waals surface area contributed by atoms with E-state index in [1.54, 1.807) is 0 Å². The average molecular weight is 642 g/mol. The van der Waals surface area contributed by atoms with Crippen LogP contribution in [0.2, 0.25) is 0 Å². The molecule has 0 bridgehead atoms. The quantitative estimate of drug-likeness (QED) is 0.180. The van der Waals surface area contributed by atoms with Crippen LogP contribution in [-0.2, 0) is 0 Å². The van der Waals surface area contributed by atoms with Crippen molar-refractivity contribution in [1.29, 1.82) is 0 Å². The Morgan fingerprint density at radius 3 is 1.80 bits per heavy atom. The third-order valence-electron chi connectivity index (χ3n) is 9.49. The van der Waals surface area contributed by atoms with Crippen LogP contribution in [0, 0.1) is 0 Å². The van der Waals surface area contributed by atoms with Gasteiger partial charge < -0.3 is 0 Å². The van der Waals surface area contributed by atoms with Crippen LogP contribution in [-0.4, -0.2) is 15.0 Å². The number of aromatic nitrogens is 3. The monoisotopic (exact) mass is 641 g/mol. The van der Waals surface area contributed by atoms with Crippen LogP contribution in [0.25, 0.3) is 97.8 Å². The van der Waals surface area contributed by atoms with Crippen molar-refractivity contribution in [1.82, 2.24) is 15.0 Å². The molecule has 10 aromatic rings. The van der Waals surface area contributed by atoms with E-state index >= 15 is 0 Å². The summed E-state index contributed by atoms with van der Waals surface area (Å²) >= 11 is 1.82. The molecule has 0 aliphatic carbocycles. The summed E-state index contributed by atoms with van der Waals surface area (Å²) in [5, 5.41) is 9.89. The van der Waals surface area contributed by atoms with Crippen molar-refractivity contribution in [2.45, 2.75) is 0 Å². The highest BCUT2D eigenvalue weighted by atomic mass is 32.1. The number of nitrogens with zero attached hydrogens (tertiary/aromatic N) is 3. The molecule has 0 atom stereocenters. The van der Waals surface area contributed by atoms with E-state index in [1.165, 1.54) is 58.1 Å². The van der Waals surface area contributed by atoms with E-state index < -0.39 is 0 Å². The molecule has 3 nitrogen and oxygen atoms in total. The maximum atomic E-state index is 5.17. The number of rotatable bonds is 4. The van der Waals surface area contributed by atoms with Crippen LogP contribution < -0.4 is 0 Å². The molecule has 8 aromatic carbocycles. The predicted molar refractivity (Wildman–Crippen MR) is 207 cm³/mol. The molecule has 0 saturated carbocycles. The van der Waals surface area contributed by atoms with Gasteiger partial charge in [0.2, 0.25) is 0 Å². The topological polar surface area (TPSA) is 38.7 Å². The fourth-order valence-corrected chi connectivity index (χ4v) is 8.20. The van der Waals surface area contributed by atoms with E-state index in [0.717, 1.165) is 22.3 Å². The zero-order valence-electron chi connectivity index (χ0n) is 26.3. The van der Waals surface area contributed by atoms with Gasteiger partial charge in [0.1, 0.15) is 0 Å². The summed E-state index contributed by atoms with van der Waals surface area (Å²) in [5.41, 5.74) is 5.26. The molecule has 4 heteroatoms. The summed E-state index contributed by atoms with van der Waals surface area (Å²) in [7, 11) is 0. The third-order valence-corrected chi connectivity index (χ3v) is 10.6. The van der Waals surface area contributed by atoms with Gasteiger partial charge in [-0.2, -0.15) is 0 Å². The Balaban J connectivity index is 1.15. The van der Waals surface area contributed by atoms with Gasteiger partial charge in [-0.05, 0) is 67.7 Å². The Hall–Kier alpha value is -6.23. The lowest BCUT2D eigenvalue weighted by atomic mass is 9.98. The predicted octanol–water partition coefficient (Wildman–Crippen LogP) is 12.4. The molecule has 228 valence electrons.